The average molecular weight is 514 g/mol. The molecule has 2 unspecified atom stereocenters. The zero-order valence-corrected chi connectivity index (χ0v) is 21.9. The summed E-state index contributed by atoms with van der Waals surface area (Å²) in [5.41, 5.74) is 7.07. The second-order valence-corrected chi connectivity index (χ2v) is 10.5. The van der Waals surface area contributed by atoms with Gasteiger partial charge in [0.2, 0.25) is 0 Å². The van der Waals surface area contributed by atoms with Gasteiger partial charge in [0, 0.05) is 28.2 Å². The van der Waals surface area contributed by atoms with E-state index >= 15 is 0 Å². The van der Waals surface area contributed by atoms with Crippen LogP contribution in [-0.2, 0) is 0 Å². The molecule has 40 heavy (non-hydrogen) atoms. The summed E-state index contributed by atoms with van der Waals surface area (Å²) in [4.78, 5) is 2.40. The number of hydrogen-bond acceptors (Lipinski definition) is 2. The smallest absolute Gasteiger partial charge is 0.128 e. The molecular formula is C38H27NO. The summed E-state index contributed by atoms with van der Waals surface area (Å²) in [7, 11) is 0. The highest BCUT2D eigenvalue weighted by Crippen LogP contribution is 2.46. The molecule has 0 fully saturated rings. The maximum Gasteiger partial charge on any atom is 0.128 e. The van der Waals surface area contributed by atoms with Crippen LogP contribution in [-0.4, -0.2) is 6.10 Å². The Labute approximate surface area is 234 Å². The summed E-state index contributed by atoms with van der Waals surface area (Å²) in [6.07, 6.45) is 8.68. The molecule has 0 bridgehead atoms. The average Bonchev–Trinajstić information content (AvgIpc) is 3.39. The number of anilines is 3. The molecule has 1 aliphatic heterocycles. The molecule has 8 rings (SSSR count). The first-order chi connectivity index (χ1) is 19.8. The fraction of sp³-hybridized carbons (Fsp3) is 0.0526. The van der Waals surface area contributed by atoms with Crippen molar-refractivity contribution < 1.29 is 4.74 Å². The van der Waals surface area contributed by atoms with Crippen LogP contribution < -0.4 is 9.64 Å². The monoisotopic (exact) mass is 513 g/mol. The number of fused-ring (bicyclic) bond motifs is 5. The fourth-order valence-corrected chi connectivity index (χ4v) is 6.29. The van der Waals surface area contributed by atoms with Crippen LogP contribution in [0.25, 0.3) is 32.7 Å². The van der Waals surface area contributed by atoms with E-state index in [0.717, 1.165) is 22.8 Å². The Balaban J connectivity index is 1.33. The van der Waals surface area contributed by atoms with Crippen molar-refractivity contribution in [3.63, 3.8) is 0 Å². The molecule has 190 valence electrons. The standard InChI is InChI=1S/C38H27NO/c1-3-16-31-26(10-1)12-8-19-32(31)28-14-7-15-29(24-28)39(36-20-9-13-27-11-2-4-17-33(27)36)30-22-23-38-35(25-30)34-18-5-6-21-37(34)40-38/h1-25,34,37H. The number of ether oxygens (including phenoxy) is 1. The van der Waals surface area contributed by atoms with E-state index in [0.29, 0.717) is 0 Å². The van der Waals surface area contributed by atoms with E-state index in [-0.39, 0.29) is 12.0 Å². The van der Waals surface area contributed by atoms with Gasteiger partial charge in [0.15, 0.2) is 0 Å². The van der Waals surface area contributed by atoms with Gasteiger partial charge in [0.05, 0.1) is 5.69 Å². The normalized spacial score (nSPS) is 17.0. The zero-order chi connectivity index (χ0) is 26.5. The Bertz CT molecular complexity index is 1960. The van der Waals surface area contributed by atoms with Gasteiger partial charge < -0.3 is 9.64 Å². The Hall–Kier alpha value is -5.08. The van der Waals surface area contributed by atoms with Crippen molar-refractivity contribution in [1.82, 2.24) is 0 Å². The molecular weight excluding hydrogens is 486 g/mol. The van der Waals surface area contributed by atoms with Crippen molar-refractivity contribution in [2.75, 3.05) is 4.90 Å². The molecule has 0 spiro atoms. The molecule has 0 N–H and O–H groups in total. The molecule has 0 amide bonds. The van der Waals surface area contributed by atoms with Crippen LogP contribution in [0.1, 0.15) is 11.5 Å². The molecule has 6 aromatic carbocycles. The van der Waals surface area contributed by atoms with E-state index in [2.05, 4.69) is 157 Å². The predicted octanol–water partition coefficient (Wildman–Crippen LogP) is 10.1. The molecule has 0 aromatic heterocycles. The van der Waals surface area contributed by atoms with Crippen LogP contribution >= 0.6 is 0 Å². The van der Waals surface area contributed by atoms with Crippen LogP contribution in [0.5, 0.6) is 5.75 Å². The van der Waals surface area contributed by atoms with Crippen molar-refractivity contribution >= 4 is 38.6 Å². The van der Waals surface area contributed by atoms with Gasteiger partial charge in [0.25, 0.3) is 0 Å². The maximum absolute atomic E-state index is 6.29. The molecule has 2 heteroatoms. The number of benzene rings is 6. The fourth-order valence-electron chi connectivity index (χ4n) is 6.29. The minimum absolute atomic E-state index is 0.0657. The predicted molar refractivity (Wildman–Crippen MR) is 167 cm³/mol. The summed E-state index contributed by atoms with van der Waals surface area (Å²) in [6.45, 7) is 0. The summed E-state index contributed by atoms with van der Waals surface area (Å²) in [6, 6.07) is 45.9. The van der Waals surface area contributed by atoms with Gasteiger partial charge in [-0.1, -0.05) is 109 Å². The topological polar surface area (TPSA) is 12.5 Å². The highest BCUT2D eigenvalue weighted by molar-refractivity contribution is 6.00. The first-order valence-corrected chi connectivity index (χ1v) is 13.9. The summed E-state index contributed by atoms with van der Waals surface area (Å²) >= 11 is 0. The number of rotatable bonds is 4. The zero-order valence-electron chi connectivity index (χ0n) is 21.9. The van der Waals surface area contributed by atoms with Crippen LogP contribution in [0.2, 0.25) is 0 Å². The number of hydrogen-bond donors (Lipinski definition) is 0. The Morgan fingerprint density at radius 3 is 2.15 bits per heavy atom. The third kappa shape index (κ3) is 3.72. The second-order valence-electron chi connectivity index (χ2n) is 10.5. The SMILES string of the molecule is C1=CC2Oc3ccc(N(c4cccc(-c5cccc6ccccc56)c4)c4cccc5ccccc45)cc3C2C=C1. The summed E-state index contributed by atoms with van der Waals surface area (Å²) < 4.78 is 6.29. The van der Waals surface area contributed by atoms with Gasteiger partial charge in [-0.2, -0.15) is 0 Å². The van der Waals surface area contributed by atoms with Crippen LogP contribution in [0.3, 0.4) is 0 Å². The van der Waals surface area contributed by atoms with Gasteiger partial charge in [0.1, 0.15) is 11.9 Å². The van der Waals surface area contributed by atoms with E-state index < -0.39 is 0 Å². The lowest BCUT2D eigenvalue weighted by Crippen LogP contribution is -2.15. The van der Waals surface area contributed by atoms with Gasteiger partial charge >= 0.3 is 0 Å². The van der Waals surface area contributed by atoms with Gasteiger partial charge in [-0.15, -0.1) is 0 Å². The van der Waals surface area contributed by atoms with Crippen molar-refractivity contribution in [1.29, 1.82) is 0 Å². The molecule has 1 aliphatic carbocycles. The lowest BCUT2D eigenvalue weighted by molar-refractivity contribution is 0.269. The van der Waals surface area contributed by atoms with E-state index in [9.17, 15) is 0 Å². The van der Waals surface area contributed by atoms with Gasteiger partial charge in [-0.05, 0) is 69.8 Å². The molecule has 0 radical (unpaired) electrons. The van der Waals surface area contributed by atoms with Crippen LogP contribution in [0, 0.1) is 0 Å². The summed E-state index contributed by atoms with van der Waals surface area (Å²) in [5.74, 6) is 1.20. The first kappa shape index (κ1) is 22.9. The largest absolute Gasteiger partial charge is 0.485 e. The van der Waals surface area contributed by atoms with Crippen molar-refractivity contribution in [3.05, 3.63) is 157 Å². The Morgan fingerprint density at radius 2 is 1.25 bits per heavy atom. The second kappa shape index (κ2) is 9.29. The number of nitrogens with zero attached hydrogens (tertiary/aromatic N) is 1. The molecule has 2 nitrogen and oxygen atoms in total. The molecule has 0 saturated heterocycles. The Kier molecular flexibility index (Phi) is 5.31. The van der Waals surface area contributed by atoms with Crippen molar-refractivity contribution in [2.24, 2.45) is 0 Å². The van der Waals surface area contributed by atoms with Crippen molar-refractivity contribution in [2.45, 2.75) is 12.0 Å². The highest BCUT2D eigenvalue weighted by atomic mass is 16.5. The minimum atomic E-state index is 0.0657. The van der Waals surface area contributed by atoms with Crippen molar-refractivity contribution in [3.8, 4) is 16.9 Å². The minimum Gasteiger partial charge on any atom is -0.485 e. The number of allylic oxidation sites excluding steroid dienone is 2. The Morgan fingerprint density at radius 1 is 0.550 bits per heavy atom. The molecule has 2 aliphatic rings. The maximum atomic E-state index is 6.29. The van der Waals surface area contributed by atoms with E-state index in [1.54, 1.807) is 0 Å². The first-order valence-electron chi connectivity index (χ1n) is 13.9. The molecule has 2 atom stereocenters. The third-order valence-electron chi connectivity index (χ3n) is 8.17. The van der Waals surface area contributed by atoms with E-state index in [1.807, 2.05) is 0 Å². The molecule has 6 aromatic rings. The van der Waals surface area contributed by atoms with Gasteiger partial charge in [-0.25, -0.2) is 0 Å². The molecule has 0 saturated carbocycles. The lowest BCUT2D eigenvalue weighted by atomic mass is 9.91. The van der Waals surface area contributed by atoms with E-state index in [4.69, 9.17) is 4.74 Å². The van der Waals surface area contributed by atoms with Gasteiger partial charge in [-0.3, -0.25) is 0 Å². The van der Waals surface area contributed by atoms with Crippen LogP contribution in [0.15, 0.2) is 152 Å². The third-order valence-corrected chi connectivity index (χ3v) is 8.17. The quantitative estimate of drug-likeness (QED) is 0.232. The van der Waals surface area contributed by atoms with Crippen LogP contribution in [0.4, 0.5) is 17.1 Å². The summed E-state index contributed by atoms with van der Waals surface area (Å²) in [5, 5.41) is 4.95. The van der Waals surface area contributed by atoms with E-state index in [1.165, 1.54) is 38.2 Å². The lowest BCUT2D eigenvalue weighted by Gasteiger charge is -2.28. The molecule has 1 heterocycles. The highest BCUT2D eigenvalue weighted by Gasteiger charge is 2.32.